The molecule has 176 valence electrons. The zero-order chi connectivity index (χ0) is 23.7. The maximum Gasteiger partial charge on any atom is 0.230 e. The number of aromatic nitrogens is 1. The Morgan fingerprint density at radius 2 is 1.97 bits per heavy atom. The first kappa shape index (κ1) is 22.1. The van der Waals surface area contributed by atoms with Crippen LogP contribution in [0.4, 0.5) is 0 Å². The molecule has 2 aromatic carbocycles. The van der Waals surface area contributed by atoms with Crippen LogP contribution in [0.25, 0.3) is 17.0 Å². The van der Waals surface area contributed by atoms with Crippen LogP contribution < -0.4 is 14.8 Å². The van der Waals surface area contributed by atoms with Gasteiger partial charge in [-0.05, 0) is 60.2 Å². The van der Waals surface area contributed by atoms with Crippen molar-refractivity contribution >= 4 is 28.8 Å². The molecule has 34 heavy (non-hydrogen) atoms. The number of nitrogens with one attached hydrogen (secondary N) is 2. The molecule has 5 rings (SSSR count). The smallest absolute Gasteiger partial charge is 0.230 e. The van der Waals surface area contributed by atoms with Gasteiger partial charge in [0.1, 0.15) is 0 Å². The van der Waals surface area contributed by atoms with Crippen molar-refractivity contribution < 1.29 is 19.1 Å². The summed E-state index contributed by atoms with van der Waals surface area (Å²) in [6, 6.07) is 12.0. The van der Waals surface area contributed by atoms with Crippen LogP contribution in [0.5, 0.6) is 11.5 Å². The van der Waals surface area contributed by atoms with Crippen LogP contribution in [-0.2, 0) is 22.4 Å². The number of carbonyl (C=O) groups is 2. The largest absolute Gasteiger partial charge is 0.493 e. The minimum absolute atomic E-state index is 0.0248. The van der Waals surface area contributed by atoms with E-state index in [0.717, 1.165) is 41.6 Å². The fraction of sp³-hybridized carbons (Fsp3) is 0.333. The van der Waals surface area contributed by atoms with E-state index in [4.69, 9.17) is 9.47 Å². The third-order valence-electron chi connectivity index (χ3n) is 6.77. The molecule has 7 heteroatoms. The van der Waals surface area contributed by atoms with Gasteiger partial charge in [0.05, 0.1) is 26.7 Å². The number of para-hydroxylation sites is 1. The van der Waals surface area contributed by atoms with Gasteiger partial charge in [-0.2, -0.15) is 0 Å². The first-order valence-electron chi connectivity index (χ1n) is 11.7. The van der Waals surface area contributed by atoms with E-state index in [0.29, 0.717) is 18.0 Å². The summed E-state index contributed by atoms with van der Waals surface area (Å²) in [4.78, 5) is 30.8. The molecule has 0 spiro atoms. The number of H-pyrrole nitrogens is 1. The summed E-state index contributed by atoms with van der Waals surface area (Å²) in [5.41, 5.74) is 5.32. The van der Waals surface area contributed by atoms with E-state index >= 15 is 0 Å². The first-order chi connectivity index (χ1) is 16.6. The van der Waals surface area contributed by atoms with Crippen molar-refractivity contribution in [3.05, 3.63) is 65.0 Å². The van der Waals surface area contributed by atoms with Gasteiger partial charge in [0, 0.05) is 35.8 Å². The number of hydrogen-bond acceptors (Lipinski definition) is 4. The Bertz CT molecular complexity index is 1280. The molecule has 0 radical (unpaired) electrons. The predicted molar refractivity (Wildman–Crippen MR) is 131 cm³/mol. The lowest BCUT2D eigenvalue weighted by molar-refractivity contribution is -0.128. The molecule has 0 unspecified atom stereocenters. The number of carbonyl (C=O) groups excluding carboxylic acids is 2. The lowest BCUT2D eigenvalue weighted by Crippen LogP contribution is -2.35. The van der Waals surface area contributed by atoms with Crippen LogP contribution in [0.3, 0.4) is 0 Å². The number of aryl methyl sites for hydroxylation is 1. The Morgan fingerprint density at radius 1 is 1.18 bits per heavy atom. The van der Waals surface area contributed by atoms with Gasteiger partial charge >= 0.3 is 0 Å². The molecule has 0 bridgehead atoms. The molecule has 3 aromatic rings. The van der Waals surface area contributed by atoms with Crippen LogP contribution in [0, 0.1) is 0 Å². The number of hydrogen-bond donors (Lipinski definition) is 2. The Kier molecular flexibility index (Phi) is 6.01. The lowest BCUT2D eigenvalue weighted by Gasteiger charge is -2.24. The van der Waals surface area contributed by atoms with Gasteiger partial charge in [-0.25, -0.2) is 0 Å². The Balaban J connectivity index is 1.24. The molecule has 1 aliphatic heterocycles. The maximum atomic E-state index is 12.9. The van der Waals surface area contributed by atoms with Gasteiger partial charge in [0.2, 0.25) is 11.8 Å². The lowest BCUT2D eigenvalue weighted by atomic mass is 9.91. The summed E-state index contributed by atoms with van der Waals surface area (Å²) < 4.78 is 10.8. The van der Waals surface area contributed by atoms with Crippen LogP contribution >= 0.6 is 0 Å². The normalized spacial score (nSPS) is 17.2. The van der Waals surface area contributed by atoms with Crippen molar-refractivity contribution in [1.82, 2.24) is 15.2 Å². The summed E-state index contributed by atoms with van der Waals surface area (Å²) in [6.07, 6.45) is 7.10. The van der Waals surface area contributed by atoms with Gasteiger partial charge in [-0.3, -0.25) is 9.59 Å². The van der Waals surface area contributed by atoms with Gasteiger partial charge in [-0.1, -0.05) is 18.2 Å². The first-order valence-corrected chi connectivity index (χ1v) is 11.7. The highest BCUT2D eigenvalue weighted by Gasteiger charge is 2.26. The molecule has 1 atom stereocenters. The van der Waals surface area contributed by atoms with Gasteiger partial charge in [-0.15, -0.1) is 0 Å². The number of benzene rings is 2. The molecule has 7 nitrogen and oxygen atoms in total. The molecule has 0 saturated carbocycles. The zero-order valence-corrected chi connectivity index (χ0v) is 19.5. The zero-order valence-electron chi connectivity index (χ0n) is 19.5. The molecular formula is C27H29N3O4. The van der Waals surface area contributed by atoms with Crippen LogP contribution in [-0.4, -0.2) is 42.5 Å². The molecule has 2 N–H and O–H groups in total. The number of rotatable bonds is 6. The summed E-state index contributed by atoms with van der Waals surface area (Å²) in [6.45, 7) is 0.329. The summed E-state index contributed by atoms with van der Waals surface area (Å²) in [5, 5.41) is 4.43. The Morgan fingerprint density at radius 3 is 2.79 bits per heavy atom. The van der Waals surface area contributed by atoms with Crippen LogP contribution in [0.2, 0.25) is 0 Å². The molecule has 2 heterocycles. The second-order valence-corrected chi connectivity index (χ2v) is 8.81. The monoisotopic (exact) mass is 459 g/mol. The van der Waals surface area contributed by atoms with E-state index in [1.807, 2.05) is 24.3 Å². The Hall–Kier alpha value is -3.74. The fourth-order valence-electron chi connectivity index (χ4n) is 5.01. The molecule has 2 amide bonds. The molecular weight excluding hydrogens is 430 g/mol. The second-order valence-electron chi connectivity index (χ2n) is 8.81. The van der Waals surface area contributed by atoms with Gasteiger partial charge in [0.25, 0.3) is 0 Å². The van der Waals surface area contributed by atoms with Crippen LogP contribution in [0.1, 0.15) is 47.7 Å². The number of methoxy groups -OCH3 is 2. The average molecular weight is 460 g/mol. The Labute approximate surface area is 198 Å². The van der Waals surface area contributed by atoms with E-state index in [1.165, 1.54) is 10.9 Å². The van der Waals surface area contributed by atoms with Crippen molar-refractivity contribution in [2.24, 2.45) is 0 Å². The summed E-state index contributed by atoms with van der Waals surface area (Å²) in [5.74, 6) is 1.11. The van der Waals surface area contributed by atoms with E-state index in [2.05, 4.69) is 28.5 Å². The molecule has 1 aliphatic carbocycles. The minimum Gasteiger partial charge on any atom is -0.493 e. The standard InChI is InChI=1S/C27H29N3O4/c1-33-23-14-17-10-12-30(26(32)16-18(17)15-24(23)34-2)13-11-25(31)28-22-9-5-7-20-19-6-3-4-8-21(19)29-27(20)22/h3-4,6,8,10,12,14-15,22,29H,5,7,9,11,13,16H2,1-2H3,(H,28,31)/t22-/m0/s1. The molecule has 2 aliphatic rings. The van der Waals surface area contributed by atoms with Crippen molar-refractivity contribution in [3.8, 4) is 11.5 Å². The number of fused-ring (bicyclic) bond motifs is 4. The van der Waals surface area contributed by atoms with Crippen molar-refractivity contribution in [2.75, 3.05) is 20.8 Å². The number of amides is 2. The quantitative estimate of drug-likeness (QED) is 0.581. The van der Waals surface area contributed by atoms with Gasteiger partial charge < -0.3 is 24.7 Å². The third kappa shape index (κ3) is 4.14. The average Bonchev–Trinajstić information content (AvgIpc) is 3.16. The van der Waals surface area contributed by atoms with Crippen molar-refractivity contribution in [2.45, 2.75) is 38.1 Å². The SMILES string of the molecule is COc1cc2c(cc1OC)CC(=O)N(CCC(=O)N[C@H]1CCCc3c1[nH]c1ccccc31)C=C2. The van der Waals surface area contributed by atoms with Crippen molar-refractivity contribution in [1.29, 1.82) is 0 Å². The highest BCUT2D eigenvalue weighted by molar-refractivity contribution is 5.86. The number of nitrogens with zero attached hydrogens (tertiary/aromatic N) is 1. The summed E-state index contributed by atoms with van der Waals surface area (Å²) >= 11 is 0. The molecule has 0 fully saturated rings. The highest BCUT2D eigenvalue weighted by Crippen LogP contribution is 2.35. The third-order valence-corrected chi connectivity index (χ3v) is 6.77. The van der Waals surface area contributed by atoms with Gasteiger partial charge in [0.15, 0.2) is 11.5 Å². The topological polar surface area (TPSA) is 83.7 Å². The van der Waals surface area contributed by atoms with Crippen LogP contribution in [0.15, 0.2) is 42.6 Å². The molecule has 1 aromatic heterocycles. The predicted octanol–water partition coefficient (Wildman–Crippen LogP) is 4.12. The highest BCUT2D eigenvalue weighted by atomic mass is 16.5. The summed E-state index contributed by atoms with van der Waals surface area (Å²) in [7, 11) is 3.17. The van der Waals surface area contributed by atoms with E-state index in [9.17, 15) is 9.59 Å². The second kappa shape index (κ2) is 9.25. The number of ether oxygens (including phenoxy) is 2. The van der Waals surface area contributed by atoms with E-state index < -0.39 is 0 Å². The minimum atomic E-state index is -0.0530. The van der Waals surface area contributed by atoms with E-state index in [-0.39, 0.29) is 30.7 Å². The number of aromatic amines is 1. The van der Waals surface area contributed by atoms with E-state index in [1.54, 1.807) is 25.3 Å². The molecule has 0 saturated heterocycles. The van der Waals surface area contributed by atoms with Crippen molar-refractivity contribution in [3.63, 3.8) is 0 Å². The fourth-order valence-corrected chi connectivity index (χ4v) is 5.01. The maximum absolute atomic E-state index is 12.9.